The summed E-state index contributed by atoms with van der Waals surface area (Å²) in [5.74, 6) is 0.787. The molecule has 0 bridgehead atoms. The van der Waals surface area contributed by atoms with Crippen LogP contribution in [0.1, 0.15) is 37.3 Å². The lowest BCUT2D eigenvalue weighted by atomic mass is 10.0. The number of hydrogen-bond donors (Lipinski definition) is 0. The molecule has 1 saturated heterocycles. The van der Waals surface area contributed by atoms with Crippen LogP contribution >= 0.6 is 11.3 Å². The van der Waals surface area contributed by atoms with Crippen molar-refractivity contribution in [2.45, 2.75) is 35.9 Å². The molecular weight excluding hydrogens is 330 g/mol. The third-order valence-electron chi connectivity index (χ3n) is 4.26. The zero-order valence-electron chi connectivity index (χ0n) is 13.1. The fourth-order valence-corrected chi connectivity index (χ4v) is 5.86. The summed E-state index contributed by atoms with van der Waals surface area (Å²) in [7, 11) is -1.80. The molecule has 2 heterocycles. The Hall–Kier alpha value is -1.37. The monoisotopic (exact) mass is 351 g/mol. The Kier molecular flexibility index (Phi) is 5.04. The zero-order chi connectivity index (χ0) is 16.3. The van der Waals surface area contributed by atoms with Crippen LogP contribution in [-0.2, 0) is 10.0 Å². The third kappa shape index (κ3) is 3.44. The molecule has 0 radical (unpaired) electrons. The molecule has 2 aromatic rings. The Morgan fingerprint density at radius 2 is 1.91 bits per heavy atom. The molecule has 23 heavy (non-hydrogen) atoms. The van der Waals surface area contributed by atoms with Crippen LogP contribution in [0.25, 0.3) is 0 Å². The van der Waals surface area contributed by atoms with Crippen LogP contribution in [0.2, 0.25) is 0 Å². The highest BCUT2D eigenvalue weighted by molar-refractivity contribution is 7.91. The predicted octanol–water partition coefficient (Wildman–Crippen LogP) is 4.06. The van der Waals surface area contributed by atoms with Gasteiger partial charge in [-0.3, -0.25) is 0 Å². The van der Waals surface area contributed by atoms with Crippen molar-refractivity contribution in [3.63, 3.8) is 0 Å². The standard InChI is InChI=1S/C17H21NO3S2/c1-21-15-10-8-14(9-11-15)16-6-3-2-4-12-18(16)23(19,20)17-7-5-13-22-17/h5,7-11,13,16H,2-4,6,12H2,1H3. The normalized spacial score (nSPS) is 20.1. The molecule has 1 aromatic carbocycles. The molecule has 124 valence electrons. The minimum Gasteiger partial charge on any atom is -0.497 e. The molecule has 1 fully saturated rings. The summed E-state index contributed by atoms with van der Waals surface area (Å²) in [4.78, 5) is 0. The van der Waals surface area contributed by atoms with Crippen LogP contribution in [0, 0.1) is 0 Å². The first-order valence-electron chi connectivity index (χ1n) is 7.82. The molecule has 4 nitrogen and oxygen atoms in total. The third-order valence-corrected chi connectivity index (χ3v) is 7.54. The van der Waals surface area contributed by atoms with E-state index in [4.69, 9.17) is 4.74 Å². The van der Waals surface area contributed by atoms with Gasteiger partial charge in [-0.05, 0) is 42.0 Å². The summed E-state index contributed by atoms with van der Waals surface area (Å²) >= 11 is 1.28. The van der Waals surface area contributed by atoms with E-state index >= 15 is 0 Å². The number of hydrogen-bond acceptors (Lipinski definition) is 4. The van der Waals surface area contributed by atoms with Crippen molar-refractivity contribution >= 4 is 21.4 Å². The van der Waals surface area contributed by atoms with Gasteiger partial charge in [0.1, 0.15) is 9.96 Å². The largest absolute Gasteiger partial charge is 0.497 e. The summed E-state index contributed by atoms with van der Waals surface area (Å²) in [5, 5.41) is 1.81. The first-order valence-corrected chi connectivity index (χ1v) is 10.1. The maximum absolute atomic E-state index is 13.0. The predicted molar refractivity (Wildman–Crippen MR) is 92.4 cm³/mol. The first-order chi connectivity index (χ1) is 11.1. The summed E-state index contributed by atoms with van der Waals surface area (Å²) in [5.41, 5.74) is 1.04. The van der Waals surface area contributed by atoms with Gasteiger partial charge in [-0.2, -0.15) is 4.31 Å². The van der Waals surface area contributed by atoms with E-state index in [0.29, 0.717) is 10.8 Å². The zero-order valence-corrected chi connectivity index (χ0v) is 14.8. The van der Waals surface area contributed by atoms with E-state index in [0.717, 1.165) is 37.0 Å². The lowest BCUT2D eigenvalue weighted by Crippen LogP contribution is -2.34. The molecule has 1 aliphatic heterocycles. The van der Waals surface area contributed by atoms with Crippen LogP contribution in [-0.4, -0.2) is 26.4 Å². The van der Waals surface area contributed by atoms with Gasteiger partial charge < -0.3 is 4.74 Å². The summed E-state index contributed by atoms with van der Waals surface area (Å²) in [6, 6.07) is 11.1. The lowest BCUT2D eigenvalue weighted by molar-refractivity contribution is 0.329. The average Bonchev–Trinajstić information content (AvgIpc) is 3.00. The second-order valence-corrected chi connectivity index (χ2v) is 8.75. The summed E-state index contributed by atoms with van der Waals surface area (Å²) < 4.78 is 33.4. The van der Waals surface area contributed by atoms with Crippen molar-refractivity contribution in [2.75, 3.05) is 13.7 Å². The van der Waals surface area contributed by atoms with Gasteiger partial charge in [0.05, 0.1) is 13.2 Å². The van der Waals surface area contributed by atoms with Gasteiger partial charge >= 0.3 is 0 Å². The van der Waals surface area contributed by atoms with Crippen LogP contribution in [0.5, 0.6) is 5.75 Å². The fourth-order valence-electron chi connectivity index (χ4n) is 3.05. The SMILES string of the molecule is COc1ccc(C2CCCCCN2S(=O)(=O)c2cccs2)cc1. The molecule has 0 spiro atoms. The van der Waals surface area contributed by atoms with E-state index in [1.54, 1.807) is 23.5 Å². The number of sulfonamides is 1. The van der Waals surface area contributed by atoms with Gasteiger partial charge in [0, 0.05) is 6.54 Å². The first kappa shape index (κ1) is 16.5. The van der Waals surface area contributed by atoms with Crippen molar-refractivity contribution in [2.24, 2.45) is 0 Å². The number of benzene rings is 1. The Balaban J connectivity index is 1.97. The molecule has 0 amide bonds. The molecule has 1 aliphatic rings. The van der Waals surface area contributed by atoms with Gasteiger partial charge in [-0.1, -0.05) is 31.0 Å². The molecule has 1 aromatic heterocycles. The highest BCUT2D eigenvalue weighted by Gasteiger charge is 2.33. The van der Waals surface area contributed by atoms with Crippen LogP contribution in [0.3, 0.4) is 0 Å². The maximum atomic E-state index is 13.0. The quantitative estimate of drug-likeness (QED) is 0.834. The number of methoxy groups -OCH3 is 1. The van der Waals surface area contributed by atoms with Crippen LogP contribution in [0.15, 0.2) is 46.0 Å². The van der Waals surface area contributed by atoms with Crippen molar-refractivity contribution in [1.82, 2.24) is 4.31 Å². The van der Waals surface area contributed by atoms with Gasteiger partial charge in [0.2, 0.25) is 0 Å². The Morgan fingerprint density at radius 1 is 1.13 bits per heavy atom. The van der Waals surface area contributed by atoms with E-state index in [1.165, 1.54) is 11.3 Å². The minimum atomic E-state index is -3.43. The van der Waals surface area contributed by atoms with Gasteiger partial charge in [-0.25, -0.2) is 8.42 Å². The Morgan fingerprint density at radius 3 is 2.57 bits per heavy atom. The molecule has 1 unspecified atom stereocenters. The van der Waals surface area contributed by atoms with E-state index in [2.05, 4.69) is 0 Å². The highest BCUT2D eigenvalue weighted by Crippen LogP contribution is 2.36. The molecule has 1 atom stereocenters. The fraction of sp³-hybridized carbons (Fsp3) is 0.412. The topological polar surface area (TPSA) is 46.6 Å². The molecule has 0 aliphatic carbocycles. The smallest absolute Gasteiger partial charge is 0.253 e. The van der Waals surface area contributed by atoms with E-state index in [-0.39, 0.29) is 6.04 Å². The van der Waals surface area contributed by atoms with Crippen LogP contribution in [0.4, 0.5) is 0 Å². The number of ether oxygens (including phenoxy) is 1. The van der Waals surface area contributed by atoms with Crippen molar-refractivity contribution in [1.29, 1.82) is 0 Å². The maximum Gasteiger partial charge on any atom is 0.253 e. The van der Waals surface area contributed by atoms with E-state index < -0.39 is 10.0 Å². The molecular formula is C17H21NO3S2. The highest BCUT2D eigenvalue weighted by atomic mass is 32.2. The van der Waals surface area contributed by atoms with Gasteiger partial charge in [0.15, 0.2) is 0 Å². The van der Waals surface area contributed by atoms with Gasteiger partial charge in [-0.15, -0.1) is 11.3 Å². The molecule has 0 N–H and O–H groups in total. The summed E-state index contributed by atoms with van der Waals surface area (Å²) in [6.07, 6.45) is 3.89. The second kappa shape index (κ2) is 7.03. The number of nitrogens with zero attached hydrogens (tertiary/aromatic N) is 1. The number of thiophene rings is 1. The van der Waals surface area contributed by atoms with Crippen molar-refractivity contribution in [3.05, 3.63) is 47.3 Å². The number of rotatable bonds is 4. The average molecular weight is 351 g/mol. The van der Waals surface area contributed by atoms with E-state index in [9.17, 15) is 8.42 Å². The molecule has 0 saturated carbocycles. The Bertz CT molecular complexity index is 724. The summed E-state index contributed by atoms with van der Waals surface area (Å²) in [6.45, 7) is 0.580. The van der Waals surface area contributed by atoms with Crippen molar-refractivity contribution < 1.29 is 13.2 Å². The van der Waals surface area contributed by atoms with Crippen molar-refractivity contribution in [3.8, 4) is 5.75 Å². The minimum absolute atomic E-state index is 0.101. The molecule has 3 rings (SSSR count). The lowest BCUT2D eigenvalue weighted by Gasteiger charge is -2.29. The van der Waals surface area contributed by atoms with Gasteiger partial charge in [0.25, 0.3) is 10.0 Å². The van der Waals surface area contributed by atoms with E-state index in [1.807, 2.05) is 29.6 Å². The second-order valence-electron chi connectivity index (χ2n) is 5.69. The Labute approximate surface area is 141 Å². The molecule has 6 heteroatoms. The van der Waals surface area contributed by atoms with Crippen LogP contribution < -0.4 is 4.74 Å².